The first-order valence-corrected chi connectivity index (χ1v) is 6.98. The lowest BCUT2D eigenvalue weighted by molar-refractivity contribution is -0.122. The summed E-state index contributed by atoms with van der Waals surface area (Å²) >= 11 is 0. The Bertz CT molecular complexity index is 251. The fourth-order valence-electron chi connectivity index (χ4n) is 2.91. The molecule has 0 unspecified atom stereocenters. The minimum atomic E-state index is 0. The molecule has 5 heteroatoms. The van der Waals surface area contributed by atoms with Crippen molar-refractivity contribution in [1.29, 1.82) is 0 Å². The number of likely N-dealkylation sites (N-methyl/N-ethyl adjacent to an activating group) is 1. The topological polar surface area (TPSA) is 44.4 Å². The minimum Gasteiger partial charge on any atom is -0.353 e. The number of nitrogens with zero attached hydrogens (tertiary/aromatic N) is 1. The van der Waals surface area contributed by atoms with Crippen LogP contribution in [0.15, 0.2) is 0 Å². The van der Waals surface area contributed by atoms with Gasteiger partial charge in [0.1, 0.15) is 0 Å². The summed E-state index contributed by atoms with van der Waals surface area (Å²) < 4.78 is 0. The Kier molecular flexibility index (Phi) is 6.97. The van der Waals surface area contributed by atoms with Gasteiger partial charge in [0.05, 0.1) is 6.04 Å². The van der Waals surface area contributed by atoms with Crippen LogP contribution < -0.4 is 10.6 Å². The van der Waals surface area contributed by atoms with Gasteiger partial charge < -0.3 is 15.5 Å². The van der Waals surface area contributed by atoms with Crippen molar-refractivity contribution in [2.45, 2.75) is 50.6 Å². The molecule has 1 atom stereocenters. The van der Waals surface area contributed by atoms with Gasteiger partial charge in [0.25, 0.3) is 0 Å². The molecule has 1 amide bonds. The second kappa shape index (κ2) is 7.97. The Morgan fingerprint density at radius 3 is 2.61 bits per heavy atom. The molecular weight excluding hydrogens is 250 g/mol. The highest BCUT2D eigenvalue weighted by Crippen LogP contribution is 2.21. The van der Waals surface area contributed by atoms with Gasteiger partial charge in [-0.15, -0.1) is 12.4 Å². The number of carbonyl (C=O) groups excluding carboxylic acids is 1. The van der Waals surface area contributed by atoms with Crippen molar-refractivity contribution in [3.05, 3.63) is 0 Å². The molecule has 2 rings (SSSR count). The molecule has 1 heterocycles. The van der Waals surface area contributed by atoms with E-state index in [-0.39, 0.29) is 24.4 Å². The highest BCUT2D eigenvalue weighted by atomic mass is 35.5. The average molecular weight is 276 g/mol. The molecule has 2 aliphatic rings. The van der Waals surface area contributed by atoms with Crippen molar-refractivity contribution in [2.24, 2.45) is 0 Å². The van der Waals surface area contributed by atoms with Crippen molar-refractivity contribution >= 4 is 18.3 Å². The predicted octanol–water partition coefficient (Wildman–Crippen LogP) is 1.15. The fourth-order valence-corrected chi connectivity index (χ4v) is 2.91. The van der Waals surface area contributed by atoms with E-state index in [9.17, 15) is 4.79 Å². The second-order valence-electron chi connectivity index (χ2n) is 5.36. The number of halogens is 1. The number of carbonyl (C=O) groups is 1. The van der Waals surface area contributed by atoms with E-state index < -0.39 is 0 Å². The maximum absolute atomic E-state index is 11.8. The summed E-state index contributed by atoms with van der Waals surface area (Å²) in [6.45, 7) is 2.74. The quantitative estimate of drug-likeness (QED) is 0.791. The van der Waals surface area contributed by atoms with Crippen LogP contribution in [0.5, 0.6) is 0 Å². The smallest absolute Gasteiger partial charge is 0.237 e. The van der Waals surface area contributed by atoms with Crippen LogP contribution in [-0.2, 0) is 4.79 Å². The number of nitrogens with one attached hydrogen (secondary N) is 2. The van der Waals surface area contributed by atoms with Crippen LogP contribution in [0.2, 0.25) is 0 Å². The van der Waals surface area contributed by atoms with Gasteiger partial charge in [0.15, 0.2) is 0 Å². The summed E-state index contributed by atoms with van der Waals surface area (Å²) in [7, 11) is 2.18. The number of amides is 1. The Morgan fingerprint density at radius 2 is 2.00 bits per heavy atom. The number of hydrogen-bond donors (Lipinski definition) is 2. The van der Waals surface area contributed by atoms with Gasteiger partial charge in [-0.2, -0.15) is 0 Å². The maximum Gasteiger partial charge on any atom is 0.237 e. The SMILES string of the molecule is CN(CCNC(=O)[C@@H]1CCCN1)C1CCCC1.Cl. The third-order valence-corrected chi connectivity index (χ3v) is 4.09. The molecule has 0 aromatic rings. The van der Waals surface area contributed by atoms with Crippen molar-refractivity contribution < 1.29 is 4.79 Å². The molecule has 2 N–H and O–H groups in total. The molecule has 4 nitrogen and oxygen atoms in total. The lowest BCUT2D eigenvalue weighted by Gasteiger charge is -2.24. The summed E-state index contributed by atoms with van der Waals surface area (Å²) in [6.07, 6.45) is 7.51. The van der Waals surface area contributed by atoms with E-state index in [0.717, 1.165) is 38.5 Å². The van der Waals surface area contributed by atoms with E-state index in [1.54, 1.807) is 0 Å². The minimum absolute atomic E-state index is 0. The number of rotatable bonds is 5. The van der Waals surface area contributed by atoms with Gasteiger partial charge in [0.2, 0.25) is 5.91 Å². The summed E-state index contributed by atoms with van der Waals surface area (Å²) in [5.41, 5.74) is 0. The molecule has 2 fully saturated rings. The normalized spacial score (nSPS) is 24.2. The van der Waals surface area contributed by atoms with E-state index in [0.29, 0.717) is 0 Å². The van der Waals surface area contributed by atoms with E-state index in [4.69, 9.17) is 0 Å². The molecule has 1 aliphatic carbocycles. The lowest BCUT2D eigenvalue weighted by Crippen LogP contribution is -2.44. The molecule has 0 aromatic heterocycles. The fraction of sp³-hybridized carbons (Fsp3) is 0.923. The van der Waals surface area contributed by atoms with E-state index >= 15 is 0 Å². The standard InChI is InChI=1S/C13H25N3O.ClH/c1-16(11-5-2-3-6-11)10-9-15-13(17)12-7-4-8-14-12;/h11-12,14H,2-10H2,1H3,(H,15,17);1H/t12-;/m0./s1. The van der Waals surface area contributed by atoms with E-state index in [2.05, 4.69) is 22.6 Å². The Labute approximate surface area is 116 Å². The van der Waals surface area contributed by atoms with Crippen LogP contribution >= 0.6 is 12.4 Å². The maximum atomic E-state index is 11.8. The van der Waals surface area contributed by atoms with Crippen LogP contribution in [0.4, 0.5) is 0 Å². The summed E-state index contributed by atoms with van der Waals surface area (Å²) in [5, 5.41) is 6.26. The summed E-state index contributed by atoms with van der Waals surface area (Å²) in [4.78, 5) is 14.2. The van der Waals surface area contributed by atoms with Gasteiger partial charge in [-0.1, -0.05) is 12.8 Å². The molecule has 0 aromatic carbocycles. The molecule has 1 saturated heterocycles. The zero-order valence-corrected chi connectivity index (χ0v) is 12.1. The monoisotopic (exact) mass is 275 g/mol. The lowest BCUT2D eigenvalue weighted by atomic mass is 10.2. The first kappa shape index (κ1) is 15.7. The van der Waals surface area contributed by atoms with Gasteiger partial charge in [-0.05, 0) is 39.3 Å². The van der Waals surface area contributed by atoms with Gasteiger partial charge in [0, 0.05) is 19.1 Å². The van der Waals surface area contributed by atoms with Crippen molar-refractivity contribution in [3.63, 3.8) is 0 Å². The molecule has 18 heavy (non-hydrogen) atoms. The molecular formula is C13H26ClN3O. The van der Waals surface area contributed by atoms with Gasteiger partial charge >= 0.3 is 0 Å². The van der Waals surface area contributed by atoms with Crippen LogP contribution in [0.25, 0.3) is 0 Å². The van der Waals surface area contributed by atoms with E-state index in [1.807, 2.05) is 0 Å². The molecule has 0 radical (unpaired) electrons. The van der Waals surface area contributed by atoms with Crippen molar-refractivity contribution in [2.75, 3.05) is 26.7 Å². The third-order valence-electron chi connectivity index (χ3n) is 4.09. The van der Waals surface area contributed by atoms with Crippen LogP contribution in [0.1, 0.15) is 38.5 Å². The largest absolute Gasteiger partial charge is 0.353 e. The van der Waals surface area contributed by atoms with Crippen molar-refractivity contribution in [3.8, 4) is 0 Å². The zero-order valence-electron chi connectivity index (χ0n) is 11.3. The molecule has 0 bridgehead atoms. The highest BCUT2D eigenvalue weighted by molar-refractivity contribution is 5.85. The third kappa shape index (κ3) is 4.41. The molecule has 0 spiro atoms. The summed E-state index contributed by atoms with van der Waals surface area (Å²) in [6, 6.07) is 0.809. The highest BCUT2D eigenvalue weighted by Gasteiger charge is 2.22. The van der Waals surface area contributed by atoms with Crippen LogP contribution in [0, 0.1) is 0 Å². The Hall–Kier alpha value is -0.320. The Balaban J connectivity index is 0.00000162. The van der Waals surface area contributed by atoms with Gasteiger partial charge in [-0.3, -0.25) is 4.79 Å². The summed E-state index contributed by atoms with van der Waals surface area (Å²) in [5.74, 6) is 0.183. The van der Waals surface area contributed by atoms with Gasteiger partial charge in [-0.25, -0.2) is 0 Å². The van der Waals surface area contributed by atoms with Crippen molar-refractivity contribution in [1.82, 2.24) is 15.5 Å². The molecule has 1 aliphatic heterocycles. The van der Waals surface area contributed by atoms with Crippen LogP contribution in [-0.4, -0.2) is 49.6 Å². The second-order valence-corrected chi connectivity index (χ2v) is 5.36. The van der Waals surface area contributed by atoms with E-state index in [1.165, 1.54) is 25.7 Å². The number of hydrogen-bond acceptors (Lipinski definition) is 3. The Morgan fingerprint density at radius 1 is 1.28 bits per heavy atom. The molecule has 1 saturated carbocycles. The molecule has 106 valence electrons. The first-order chi connectivity index (χ1) is 8.27. The zero-order chi connectivity index (χ0) is 12.1. The van der Waals surface area contributed by atoms with Crippen LogP contribution in [0.3, 0.4) is 0 Å². The average Bonchev–Trinajstić information content (AvgIpc) is 3.02. The first-order valence-electron chi connectivity index (χ1n) is 6.98. The predicted molar refractivity (Wildman–Crippen MR) is 76.2 cm³/mol.